The van der Waals surface area contributed by atoms with Crippen molar-refractivity contribution in [2.24, 2.45) is 0 Å². The third kappa shape index (κ3) is 2.98. The van der Waals surface area contributed by atoms with Gasteiger partial charge < -0.3 is 5.11 Å². The zero-order chi connectivity index (χ0) is 13.9. The molecule has 0 saturated carbocycles. The van der Waals surface area contributed by atoms with E-state index in [0.717, 1.165) is 25.7 Å². The Kier molecular flexibility index (Phi) is 4.59. The smallest absolute Gasteiger partial charge is 0.246 e. The van der Waals surface area contributed by atoms with Gasteiger partial charge in [-0.1, -0.05) is 13.3 Å². The van der Waals surface area contributed by atoms with Crippen LogP contribution in [0.25, 0.3) is 0 Å². The van der Waals surface area contributed by atoms with Crippen LogP contribution in [0.3, 0.4) is 0 Å². The summed E-state index contributed by atoms with van der Waals surface area (Å²) < 4.78 is 28.2. The molecule has 1 saturated heterocycles. The summed E-state index contributed by atoms with van der Waals surface area (Å²) in [6.45, 7) is 2.87. The van der Waals surface area contributed by atoms with Crippen molar-refractivity contribution in [3.8, 4) is 0 Å². The summed E-state index contributed by atoms with van der Waals surface area (Å²) in [6.07, 6.45) is 6.64. The van der Waals surface area contributed by atoms with Crippen LogP contribution in [0.1, 0.15) is 32.6 Å². The van der Waals surface area contributed by atoms with Gasteiger partial charge in [0.25, 0.3) is 0 Å². The van der Waals surface area contributed by atoms with E-state index in [4.69, 9.17) is 5.11 Å². The van der Waals surface area contributed by atoms with E-state index in [1.54, 1.807) is 4.31 Å². The number of aliphatic hydroxyl groups excluding tert-OH is 1. The lowest BCUT2D eigenvalue weighted by Gasteiger charge is -2.33. The zero-order valence-electron chi connectivity index (χ0n) is 11.2. The zero-order valence-corrected chi connectivity index (χ0v) is 12.0. The van der Waals surface area contributed by atoms with Crippen LogP contribution < -0.4 is 0 Å². The predicted octanol–water partition coefficient (Wildman–Crippen LogP) is 0.829. The topological polar surface area (TPSA) is 75.4 Å². The van der Waals surface area contributed by atoms with Gasteiger partial charge in [0.15, 0.2) is 0 Å². The van der Waals surface area contributed by atoms with Gasteiger partial charge in [-0.15, -0.1) is 0 Å². The third-order valence-corrected chi connectivity index (χ3v) is 5.49. The first-order valence-corrected chi connectivity index (χ1v) is 8.18. The lowest BCUT2D eigenvalue weighted by Crippen LogP contribution is -2.43. The minimum atomic E-state index is -3.45. The molecule has 1 aromatic heterocycles. The molecule has 2 rings (SSSR count). The van der Waals surface area contributed by atoms with Crippen molar-refractivity contribution >= 4 is 10.0 Å². The van der Waals surface area contributed by atoms with E-state index in [0.29, 0.717) is 13.1 Å². The molecule has 1 aliphatic heterocycles. The van der Waals surface area contributed by atoms with Crippen LogP contribution >= 0.6 is 0 Å². The monoisotopic (exact) mass is 287 g/mol. The molecule has 0 amide bonds. The number of nitrogens with zero attached hydrogens (tertiary/aromatic N) is 3. The van der Waals surface area contributed by atoms with Crippen molar-refractivity contribution in [3.63, 3.8) is 0 Å². The molecule has 0 bridgehead atoms. The molecule has 1 N–H and O–H groups in total. The summed E-state index contributed by atoms with van der Waals surface area (Å²) in [5.74, 6) is 0. The first-order valence-electron chi connectivity index (χ1n) is 6.74. The van der Waals surface area contributed by atoms with E-state index in [-0.39, 0.29) is 17.5 Å². The summed E-state index contributed by atoms with van der Waals surface area (Å²) >= 11 is 0. The number of hydrogen-bond acceptors (Lipinski definition) is 4. The third-order valence-electron chi connectivity index (χ3n) is 3.59. The molecule has 0 radical (unpaired) electrons. The average Bonchev–Trinajstić information content (AvgIpc) is 2.88. The highest BCUT2D eigenvalue weighted by Crippen LogP contribution is 2.26. The van der Waals surface area contributed by atoms with E-state index in [1.165, 1.54) is 17.1 Å². The first kappa shape index (κ1) is 14.5. The molecule has 0 spiro atoms. The van der Waals surface area contributed by atoms with Crippen molar-refractivity contribution < 1.29 is 13.5 Å². The second-order valence-corrected chi connectivity index (χ2v) is 6.73. The van der Waals surface area contributed by atoms with Gasteiger partial charge in [-0.05, 0) is 19.3 Å². The summed E-state index contributed by atoms with van der Waals surface area (Å²) in [4.78, 5) is 0.223. The lowest BCUT2D eigenvalue weighted by atomic mass is 10.0. The number of aromatic nitrogens is 2. The summed E-state index contributed by atoms with van der Waals surface area (Å²) in [6, 6.07) is 0.0972. The Morgan fingerprint density at radius 1 is 1.47 bits per heavy atom. The van der Waals surface area contributed by atoms with Gasteiger partial charge in [-0.2, -0.15) is 9.40 Å². The summed E-state index contributed by atoms with van der Waals surface area (Å²) in [5, 5.41) is 12.8. The number of sulfonamides is 1. The normalized spacial score (nSPS) is 21.7. The van der Waals surface area contributed by atoms with Crippen molar-refractivity contribution in [1.82, 2.24) is 14.1 Å². The first-order chi connectivity index (χ1) is 9.09. The molecule has 6 nitrogen and oxygen atoms in total. The minimum absolute atomic E-state index is 0.0531. The van der Waals surface area contributed by atoms with Gasteiger partial charge in [0.05, 0.1) is 19.3 Å². The molecule has 2 heterocycles. The fourth-order valence-corrected chi connectivity index (χ4v) is 4.26. The second-order valence-electron chi connectivity index (χ2n) is 4.84. The van der Waals surface area contributed by atoms with Crippen LogP contribution in [0, 0.1) is 0 Å². The molecule has 7 heteroatoms. The molecule has 1 fully saturated rings. The van der Waals surface area contributed by atoms with Crippen molar-refractivity contribution in [1.29, 1.82) is 0 Å². The van der Waals surface area contributed by atoms with Crippen LogP contribution in [0.2, 0.25) is 0 Å². The van der Waals surface area contributed by atoms with E-state index in [2.05, 4.69) is 5.10 Å². The van der Waals surface area contributed by atoms with Crippen LogP contribution in [0.15, 0.2) is 17.3 Å². The summed E-state index contributed by atoms with van der Waals surface area (Å²) in [7, 11) is -3.45. The molecule has 1 atom stereocenters. The highest BCUT2D eigenvalue weighted by molar-refractivity contribution is 7.89. The highest BCUT2D eigenvalue weighted by atomic mass is 32.2. The molecular formula is C12H21N3O3S. The standard InChI is InChI=1S/C12H21N3O3S/c1-2-11-5-3-4-6-15(11)19(17,18)12-9-13-14(10-12)7-8-16/h9-11,16H,2-8H2,1H3. The van der Waals surface area contributed by atoms with Crippen LogP contribution in [0.5, 0.6) is 0 Å². The largest absolute Gasteiger partial charge is 0.394 e. The molecule has 1 aromatic rings. The van der Waals surface area contributed by atoms with Crippen molar-refractivity contribution in [2.75, 3.05) is 13.2 Å². The Bertz CT molecular complexity index is 512. The van der Waals surface area contributed by atoms with Crippen LogP contribution in [-0.4, -0.2) is 46.8 Å². The maximum atomic E-state index is 12.6. The Balaban J connectivity index is 2.24. The van der Waals surface area contributed by atoms with E-state index in [1.807, 2.05) is 6.92 Å². The van der Waals surface area contributed by atoms with Gasteiger partial charge >= 0.3 is 0 Å². The van der Waals surface area contributed by atoms with Crippen molar-refractivity contribution in [2.45, 2.75) is 50.1 Å². The van der Waals surface area contributed by atoms with E-state index >= 15 is 0 Å². The molecular weight excluding hydrogens is 266 g/mol. The predicted molar refractivity (Wildman–Crippen MR) is 71.1 cm³/mol. The van der Waals surface area contributed by atoms with E-state index in [9.17, 15) is 8.42 Å². The molecule has 0 aliphatic carbocycles. The highest BCUT2D eigenvalue weighted by Gasteiger charge is 2.33. The molecule has 1 unspecified atom stereocenters. The number of piperidine rings is 1. The molecule has 108 valence electrons. The maximum absolute atomic E-state index is 12.6. The Morgan fingerprint density at radius 2 is 2.26 bits per heavy atom. The Labute approximate surface area is 114 Å². The SMILES string of the molecule is CCC1CCCCN1S(=O)(=O)c1cnn(CCO)c1. The average molecular weight is 287 g/mol. The molecule has 1 aliphatic rings. The fourth-order valence-electron chi connectivity index (χ4n) is 2.54. The molecule has 0 aromatic carbocycles. The molecule has 19 heavy (non-hydrogen) atoms. The van der Waals surface area contributed by atoms with Gasteiger partial charge in [0.1, 0.15) is 4.90 Å². The van der Waals surface area contributed by atoms with Crippen LogP contribution in [-0.2, 0) is 16.6 Å². The van der Waals surface area contributed by atoms with Gasteiger partial charge in [0.2, 0.25) is 10.0 Å². The van der Waals surface area contributed by atoms with E-state index < -0.39 is 10.0 Å². The summed E-state index contributed by atoms with van der Waals surface area (Å²) in [5.41, 5.74) is 0. The van der Waals surface area contributed by atoms with Crippen molar-refractivity contribution in [3.05, 3.63) is 12.4 Å². The lowest BCUT2D eigenvalue weighted by molar-refractivity contribution is 0.246. The van der Waals surface area contributed by atoms with Gasteiger partial charge in [0, 0.05) is 18.8 Å². The number of aliphatic hydroxyl groups is 1. The maximum Gasteiger partial charge on any atom is 0.246 e. The number of hydrogen-bond donors (Lipinski definition) is 1. The minimum Gasteiger partial charge on any atom is -0.394 e. The van der Waals surface area contributed by atoms with Gasteiger partial charge in [-0.3, -0.25) is 4.68 Å². The Morgan fingerprint density at radius 3 is 2.95 bits per heavy atom. The number of rotatable bonds is 5. The van der Waals surface area contributed by atoms with Gasteiger partial charge in [-0.25, -0.2) is 8.42 Å². The quantitative estimate of drug-likeness (QED) is 0.870. The second kappa shape index (κ2) is 6.02. The van der Waals surface area contributed by atoms with Crippen LogP contribution in [0.4, 0.5) is 0 Å². The Hall–Kier alpha value is -0.920. The fraction of sp³-hybridized carbons (Fsp3) is 0.750.